The van der Waals surface area contributed by atoms with Gasteiger partial charge in [0, 0.05) is 41.9 Å². The molecule has 1 fully saturated rings. The van der Waals surface area contributed by atoms with Crippen molar-refractivity contribution in [3.05, 3.63) is 88.7 Å². The predicted octanol–water partition coefficient (Wildman–Crippen LogP) is 3.59. The van der Waals surface area contributed by atoms with Gasteiger partial charge in [-0.2, -0.15) is 0 Å². The number of aliphatic imine (C=N–C) groups is 1. The third-order valence-electron chi connectivity index (χ3n) is 7.24. The minimum absolute atomic E-state index is 0.0121. The highest BCUT2D eigenvalue weighted by Gasteiger charge is 2.38. The Morgan fingerprint density at radius 3 is 2.25 bits per heavy atom. The highest BCUT2D eigenvalue weighted by Crippen LogP contribution is 2.45. The first kappa shape index (κ1) is 26.9. The number of carbonyl (C=O) groups excluding carboxylic acids is 3. The molecular formula is C30H30N4O6. The summed E-state index contributed by atoms with van der Waals surface area (Å²) >= 11 is 0. The number of fused-ring (bicyclic) bond motifs is 3. The van der Waals surface area contributed by atoms with Crippen molar-refractivity contribution in [1.29, 1.82) is 0 Å². The van der Waals surface area contributed by atoms with Crippen LogP contribution in [0, 0.1) is 0 Å². The highest BCUT2D eigenvalue weighted by molar-refractivity contribution is 6.15. The maximum atomic E-state index is 12.7. The molecule has 2 N–H and O–H groups in total. The van der Waals surface area contributed by atoms with Crippen LogP contribution >= 0.6 is 0 Å². The van der Waals surface area contributed by atoms with Crippen LogP contribution in [-0.2, 0) is 9.53 Å². The molecule has 0 radical (unpaired) electrons. The first-order valence-electron chi connectivity index (χ1n) is 13.0. The van der Waals surface area contributed by atoms with Crippen molar-refractivity contribution in [3.8, 4) is 11.5 Å². The monoisotopic (exact) mass is 542 g/mol. The summed E-state index contributed by atoms with van der Waals surface area (Å²) in [5.41, 5.74) is 9.13. The fourth-order valence-corrected chi connectivity index (χ4v) is 5.35. The number of amides is 2. The van der Waals surface area contributed by atoms with Gasteiger partial charge < -0.3 is 14.2 Å². The Morgan fingerprint density at radius 2 is 1.60 bits per heavy atom. The Balaban J connectivity index is 1.40. The fourth-order valence-electron chi connectivity index (χ4n) is 5.35. The van der Waals surface area contributed by atoms with Crippen molar-refractivity contribution >= 4 is 23.5 Å². The standard InChI is InChI=1S/C30H30N4O6/c1-17(35)40-21-10-11-25-23(13-21)22-14-26(38-2)27(39-3)15-24(22)28(32-25)18-6-8-19(9-7-18)29(36)33-34-30(37)20-5-4-12-31-16-20/h4-9,12,14-16,21,23,25H,10-11,13H2,1-3H3,(H,33,36)(H,34,37). The van der Waals surface area contributed by atoms with Crippen LogP contribution in [0.1, 0.15) is 69.5 Å². The van der Waals surface area contributed by atoms with E-state index >= 15 is 0 Å². The second kappa shape index (κ2) is 11.6. The zero-order valence-corrected chi connectivity index (χ0v) is 22.5. The zero-order chi connectivity index (χ0) is 28.2. The summed E-state index contributed by atoms with van der Waals surface area (Å²) < 4.78 is 16.7. The SMILES string of the molecule is COc1cc2c(cc1OC)C1CC(OC(C)=O)CCC1N=C2c1ccc(C(=O)NNC(=O)c2cccnc2)cc1. The number of methoxy groups -OCH3 is 2. The van der Waals surface area contributed by atoms with Crippen LogP contribution in [0.2, 0.25) is 0 Å². The van der Waals surface area contributed by atoms with Gasteiger partial charge in [0.1, 0.15) is 6.10 Å². The molecule has 2 aromatic carbocycles. The second-order valence-electron chi connectivity index (χ2n) is 9.72. The Morgan fingerprint density at radius 1 is 0.900 bits per heavy atom. The maximum Gasteiger partial charge on any atom is 0.302 e. The normalized spacial score (nSPS) is 19.3. The number of nitrogens with one attached hydrogen (secondary N) is 2. The molecule has 5 rings (SSSR count). The minimum Gasteiger partial charge on any atom is -0.493 e. The van der Waals surface area contributed by atoms with Gasteiger partial charge in [0.05, 0.1) is 31.5 Å². The molecule has 1 aliphatic heterocycles. The van der Waals surface area contributed by atoms with Crippen molar-refractivity contribution in [2.45, 2.75) is 44.2 Å². The Bertz CT molecular complexity index is 1460. The van der Waals surface area contributed by atoms with E-state index in [4.69, 9.17) is 19.2 Å². The van der Waals surface area contributed by atoms with Crippen LogP contribution < -0.4 is 20.3 Å². The summed E-state index contributed by atoms with van der Waals surface area (Å²) in [7, 11) is 3.19. The summed E-state index contributed by atoms with van der Waals surface area (Å²) in [5, 5.41) is 0. The quantitative estimate of drug-likeness (QED) is 0.360. The number of hydrogen-bond donors (Lipinski definition) is 2. The molecular weight excluding hydrogens is 512 g/mol. The molecule has 206 valence electrons. The van der Waals surface area contributed by atoms with Gasteiger partial charge in [0.25, 0.3) is 11.8 Å². The fraction of sp³-hybridized carbons (Fsp3) is 0.300. The number of benzene rings is 2. The summed E-state index contributed by atoms with van der Waals surface area (Å²) in [6, 6.07) is 14.2. The van der Waals surface area contributed by atoms with Crippen molar-refractivity contribution < 1.29 is 28.6 Å². The molecule has 0 spiro atoms. The van der Waals surface area contributed by atoms with E-state index in [0.717, 1.165) is 35.2 Å². The number of pyridine rings is 1. The zero-order valence-electron chi connectivity index (χ0n) is 22.5. The molecule has 1 aromatic heterocycles. The second-order valence-corrected chi connectivity index (χ2v) is 9.72. The lowest BCUT2D eigenvalue weighted by atomic mass is 9.74. The van der Waals surface area contributed by atoms with Crippen LogP contribution in [0.5, 0.6) is 11.5 Å². The third kappa shape index (κ3) is 5.51. The van der Waals surface area contributed by atoms with Crippen molar-refractivity contribution in [2.24, 2.45) is 4.99 Å². The van der Waals surface area contributed by atoms with E-state index in [0.29, 0.717) is 29.0 Å². The third-order valence-corrected chi connectivity index (χ3v) is 7.24. The average molecular weight is 543 g/mol. The number of hydrogen-bond acceptors (Lipinski definition) is 8. The lowest BCUT2D eigenvalue weighted by Crippen LogP contribution is -2.41. The van der Waals surface area contributed by atoms with E-state index in [1.165, 1.54) is 13.1 Å². The number of aromatic nitrogens is 1. The molecule has 10 heteroatoms. The highest BCUT2D eigenvalue weighted by atomic mass is 16.5. The number of esters is 1. The molecule has 1 saturated carbocycles. The van der Waals surface area contributed by atoms with Crippen LogP contribution in [0.15, 0.2) is 65.9 Å². The molecule has 10 nitrogen and oxygen atoms in total. The molecule has 3 atom stereocenters. The number of carbonyl (C=O) groups is 3. The van der Waals surface area contributed by atoms with Gasteiger partial charge >= 0.3 is 5.97 Å². The number of rotatable bonds is 6. The van der Waals surface area contributed by atoms with E-state index < -0.39 is 11.8 Å². The first-order valence-corrected chi connectivity index (χ1v) is 13.0. The molecule has 40 heavy (non-hydrogen) atoms. The number of ether oxygens (including phenoxy) is 3. The van der Waals surface area contributed by atoms with Crippen molar-refractivity contribution in [3.63, 3.8) is 0 Å². The van der Waals surface area contributed by atoms with Gasteiger partial charge in [-0.05, 0) is 61.2 Å². The topological polar surface area (TPSA) is 128 Å². The summed E-state index contributed by atoms with van der Waals surface area (Å²) in [5.74, 6) is 0.0665. The molecule has 2 heterocycles. The van der Waals surface area contributed by atoms with Gasteiger partial charge in [-0.15, -0.1) is 0 Å². The Labute approximate surface area is 231 Å². The number of hydrazine groups is 1. The van der Waals surface area contributed by atoms with Gasteiger partial charge in [-0.1, -0.05) is 12.1 Å². The minimum atomic E-state index is -0.464. The molecule has 0 bridgehead atoms. The molecule has 1 aliphatic carbocycles. The first-order chi connectivity index (χ1) is 19.4. The van der Waals surface area contributed by atoms with Gasteiger partial charge in [-0.25, -0.2) is 0 Å². The van der Waals surface area contributed by atoms with E-state index in [2.05, 4.69) is 15.8 Å². The van der Waals surface area contributed by atoms with E-state index in [-0.39, 0.29) is 24.0 Å². The molecule has 0 saturated heterocycles. The van der Waals surface area contributed by atoms with Crippen molar-refractivity contribution in [2.75, 3.05) is 14.2 Å². The van der Waals surface area contributed by atoms with Gasteiger partial charge in [-0.3, -0.25) is 35.2 Å². The van der Waals surface area contributed by atoms with Gasteiger partial charge in [0.2, 0.25) is 0 Å². The van der Waals surface area contributed by atoms with Crippen LogP contribution in [-0.4, -0.2) is 54.8 Å². The molecule has 2 aliphatic rings. The van der Waals surface area contributed by atoms with E-state index in [1.54, 1.807) is 44.7 Å². The maximum absolute atomic E-state index is 12.7. The smallest absolute Gasteiger partial charge is 0.302 e. The molecule has 3 aromatic rings. The lowest BCUT2D eigenvalue weighted by molar-refractivity contribution is -0.148. The molecule has 3 unspecified atom stereocenters. The van der Waals surface area contributed by atoms with Gasteiger partial charge in [0.15, 0.2) is 11.5 Å². The Kier molecular flexibility index (Phi) is 7.77. The summed E-state index contributed by atoms with van der Waals surface area (Å²) in [4.78, 5) is 45.6. The summed E-state index contributed by atoms with van der Waals surface area (Å²) in [6.45, 7) is 1.43. The van der Waals surface area contributed by atoms with E-state index in [1.807, 2.05) is 24.3 Å². The number of nitrogens with zero attached hydrogens (tertiary/aromatic N) is 2. The largest absolute Gasteiger partial charge is 0.493 e. The summed E-state index contributed by atoms with van der Waals surface area (Å²) in [6.07, 6.45) is 5.01. The van der Waals surface area contributed by atoms with Crippen LogP contribution in [0.3, 0.4) is 0 Å². The van der Waals surface area contributed by atoms with Crippen LogP contribution in [0.25, 0.3) is 0 Å². The van der Waals surface area contributed by atoms with Crippen LogP contribution in [0.4, 0.5) is 0 Å². The Hall–Kier alpha value is -4.73. The lowest BCUT2D eigenvalue weighted by Gasteiger charge is -2.38. The van der Waals surface area contributed by atoms with Crippen molar-refractivity contribution in [1.82, 2.24) is 15.8 Å². The van der Waals surface area contributed by atoms with E-state index in [9.17, 15) is 14.4 Å². The molecule has 2 amide bonds. The average Bonchev–Trinajstić information content (AvgIpc) is 2.98. The predicted molar refractivity (Wildman–Crippen MR) is 147 cm³/mol.